The van der Waals surface area contributed by atoms with Crippen molar-refractivity contribution in [2.45, 2.75) is 32.4 Å². The van der Waals surface area contributed by atoms with Gasteiger partial charge in [-0.15, -0.1) is 0 Å². The maximum absolute atomic E-state index is 12.9. The second-order valence-corrected chi connectivity index (χ2v) is 6.91. The van der Waals surface area contributed by atoms with E-state index in [0.717, 1.165) is 11.3 Å². The van der Waals surface area contributed by atoms with Crippen LogP contribution in [0.5, 0.6) is 0 Å². The van der Waals surface area contributed by atoms with Gasteiger partial charge in [0.2, 0.25) is 11.8 Å². The number of carbonyl (C=O) groups excluding carboxylic acids is 2. The number of benzene rings is 1. The van der Waals surface area contributed by atoms with Gasteiger partial charge in [0.05, 0.1) is 11.8 Å². The SMILES string of the molecule is Cc1ccc(N2C[C@@H](C(=O)N3CCC[C@@H](C(F)(F)F)C3)CC2=O)cc1. The third kappa shape index (κ3) is 3.80. The Balaban J connectivity index is 1.67. The molecule has 2 atom stereocenters. The van der Waals surface area contributed by atoms with Crippen molar-refractivity contribution < 1.29 is 22.8 Å². The Morgan fingerprint density at radius 2 is 1.84 bits per heavy atom. The number of rotatable bonds is 2. The lowest BCUT2D eigenvalue weighted by Gasteiger charge is -2.35. The van der Waals surface area contributed by atoms with E-state index in [1.165, 1.54) is 4.90 Å². The zero-order valence-corrected chi connectivity index (χ0v) is 14.1. The van der Waals surface area contributed by atoms with E-state index in [1.807, 2.05) is 31.2 Å². The third-order valence-electron chi connectivity index (χ3n) is 5.02. The molecule has 2 aliphatic heterocycles. The Kier molecular flexibility index (Phi) is 4.75. The first kappa shape index (κ1) is 17.8. The van der Waals surface area contributed by atoms with E-state index in [2.05, 4.69) is 0 Å². The lowest BCUT2D eigenvalue weighted by atomic mass is 9.96. The van der Waals surface area contributed by atoms with Gasteiger partial charge in [-0.25, -0.2) is 0 Å². The summed E-state index contributed by atoms with van der Waals surface area (Å²) in [6.07, 6.45) is -3.82. The molecule has 25 heavy (non-hydrogen) atoms. The van der Waals surface area contributed by atoms with Crippen LogP contribution in [0.3, 0.4) is 0 Å². The van der Waals surface area contributed by atoms with E-state index in [1.54, 1.807) is 4.90 Å². The first-order valence-electron chi connectivity index (χ1n) is 8.48. The number of halogens is 3. The molecule has 4 nitrogen and oxygen atoms in total. The van der Waals surface area contributed by atoms with Crippen LogP contribution >= 0.6 is 0 Å². The van der Waals surface area contributed by atoms with Gasteiger partial charge in [0.1, 0.15) is 0 Å². The Bertz CT molecular complexity index is 657. The Morgan fingerprint density at radius 3 is 2.48 bits per heavy atom. The van der Waals surface area contributed by atoms with Gasteiger partial charge in [-0.05, 0) is 31.9 Å². The highest BCUT2D eigenvalue weighted by Gasteiger charge is 2.44. The topological polar surface area (TPSA) is 40.6 Å². The summed E-state index contributed by atoms with van der Waals surface area (Å²) in [4.78, 5) is 27.7. The normalized spacial score (nSPS) is 24.7. The van der Waals surface area contributed by atoms with Gasteiger partial charge in [0.15, 0.2) is 0 Å². The van der Waals surface area contributed by atoms with Gasteiger partial charge in [0, 0.05) is 31.7 Å². The van der Waals surface area contributed by atoms with Crippen LogP contribution in [0.4, 0.5) is 18.9 Å². The van der Waals surface area contributed by atoms with Crippen LogP contribution < -0.4 is 4.90 Å². The molecule has 0 radical (unpaired) electrons. The first-order chi connectivity index (χ1) is 11.8. The van der Waals surface area contributed by atoms with Crippen molar-refractivity contribution in [3.8, 4) is 0 Å². The first-order valence-corrected chi connectivity index (χ1v) is 8.48. The number of amides is 2. The molecule has 3 rings (SSSR count). The quantitative estimate of drug-likeness (QED) is 0.819. The van der Waals surface area contributed by atoms with Crippen LogP contribution in [0.2, 0.25) is 0 Å². The van der Waals surface area contributed by atoms with Crippen molar-refractivity contribution >= 4 is 17.5 Å². The zero-order chi connectivity index (χ0) is 18.2. The van der Waals surface area contributed by atoms with Crippen LogP contribution in [0.15, 0.2) is 24.3 Å². The summed E-state index contributed by atoms with van der Waals surface area (Å²) < 4.78 is 38.8. The summed E-state index contributed by atoms with van der Waals surface area (Å²) in [5.41, 5.74) is 1.78. The molecule has 0 N–H and O–H groups in total. The summed E-state index contributed by atoms with van der Waals surface area (Å²) in [6, 6.07) is 7.41. The molecular weight excluding hydrogens is 333 g/mol. The fourth-order valence-corrected chi connectivity index (χ4v) is 3.55. The zero-order valence-electron chi connectivity index (χ0n) is 14.1. The number of alkyl halides is 3. The second-order valence-electron chi connectivity index (χ2n) is 6.91. The number of likely N-dealkylation sites (tertiary alicyclic amines) is 1. The monoisotopic (exact) mass is 354 g/mol. The summed E-state index contributed by atoms with van der Waals surface area (Å²) >= 11 is 0. The van der Waals surface area contributed by atoms with Gasteiger partial charge in [0.25, 0.3) is 0 Å². The second kappa shape index (κ2) is 6.69. The number of hydrogen-bond acceptors (Lipinski definition) is 2. The molecule has 2 fully saturated rings. The minimum Gasteiger partial charge on any atom is -0.342 e. The summed E-state index contributed by atoms with van der Waals surface area (Å²) in [5.74, 6) is -2.53. The number of piperidine rings is 1. The Hall–Kier alpha value is -2.05. The van der Waals surface area contributed by atoms with Gasteiger partial charge in [-0.1, -0.05) is 17.7 Å². The molecular formula is C18H21F3N2O2. The average Bonchev–Trinajstić information content (AvgIpc) is 2.96. The van der Waals surface area contributed by atoms with Crippen molar-refractivity contribution in [2.24, 2.45) is 11.8 Å². The minimum atomic E-state index is -4.28. The molecule has 2 aliphatic rings. The van der Waals surface area contributed by atoms with Crippen molar-refractivity contribution in [2.75, 3.05) is 24.5 Å². The standard InChI is InChI=1S/C18H21F3N2O2/c1-12-4-6-15(7-5-12)23-10-13(9-16(23)24)17(25)22-8-2-3-14(11-22)18(19,20)21/h4-7,13-14H,2-3,8-11H2,1H3/t13-,14+/m0/s1. The number of aryl methyl sites for hydroxylation is 1. The molecule has 0 aromatic heterocycles. The Labute approximate surface area is 144 Å². The molecule has 1 aromatic carbocycles. The van der Waals surface area contributed by atoms with Crippen molar-refractivity contribution in [3.05, 3.63) is 29.8 Å². The molecule has 7 heteroatoms. The lowest BCUT2D eigenvalue weighted by molar-refractivity contribution is -0.188. The molecule has 0 saturated carbocycles. The predicted octanol–water partition coefficient (Wildman–Crippen LogP) is 3.15. The predicted molar refractivity (Wildman–Crippen MR) is 87.0 cm³/mol. The van der Waals surface area contributed by atoms with E-state index < -0.39 is 18.0 Å². The molecule has 2 amide bonds. The molecule has 136 valence electrons. The minimum absolute atomic E-state index is 0.0555. The highest BCUT2D eigenvalue weighted by Crippen LogP contribution is 2.34. The molecule has 2 heterocycles. The third-order valence-corrected chi connectivity index (χ3v) is 5.02. The van der Waals surface area contributed by atoms with Crippen LogP contribution in [0.1, 0.15) is 24.8 Å². The fourth-order valence-electron chi connectivity index (χ4n) is 3.55. The summed E-state index contributed by atoms with van der Waals surface area (Å²) in [5, 5.41) is 0. The number of anilines is 1. The smallest absolute Gasteiger partial charge is 0.342 e. The van der Waals surface area contributed by atoms with E-state index in [0.29, 0.717) is 13.0 Å². The molecule has 0 unspecified atom stereocenters. The van der Waals surface area contributed by atoms with Gasteiger partial charge in [-0.3, -0.25) is 9.59 Å². The Morgan fingerprint density at radius 1 is 1.16 bits per heavy atom. The van der Waals surface area contributed by atoms with Gasteiger partial charge in [-0.2, -0.15) is 13.2 Å². The van der Waals surface area contributed by atoms with Crippen LogP contribution in [0.25, 0.3) is 0 Å². The lowest BCUT2D eigenvalue weighted by Crippen LogP contribution is -2.47. The van der Waals surface area contributed by atoms with Crippen LogP contribution in [-0.2, 0) is 9.59 Å². The van der Waals surface area contributed by atoms with Crippen molar-refractivity contribution in [3.63, 3.8) is 0 Å². The van der Waals surface area contributed by atoms with Crippen molar-refractivity contribution in [1.82, 2.24) is 4.90 Å². The highest BCUT2D eigenvalue weighted by molar-refractivity contribution is 6.00. The maximum atomic E-state index is 12.9. The number of nitrogens with zero attached hydrogens (tertiary/aromatic N) is 2. The van der Waals surface area contributed by atoms with E-state index in [4.69, 9.17) is 0 Å². The van der Waals surface area contributed by atoms with E-state index in [9.17, 15) is 22.8 Å². The van der Waals surface area contributed by atoms with E-state index >= 15 is 0 Å². The number of carbonyl (C=O) groups is 2. The van der Waals surface area contributed by atoms with Crippen LogP contribution in [0, 0.1) is 18.8 Å². The molecule has 0 aliphatic carbocycles. The molecule has 0 spiro atoms. The molecule has 1 aromatic rings. The van der Waals surface area contributed by atoms with E-state index in [-0.39, 0.29) is 37.7 Å². The largest absolute Gasteiger partial charge is 0.393 e. The van der Waals surface area contributed by atoms with Crippen LogP contribution in [-0.4, -0.2) is 42.5 Å². The van der Waals surface area contributed by atoms with Gasteiger partial charge < -0.3 is 9.80 Å². The summed E-state index contributed by atoms with van der Waals surface area (Å²) in [6.45, 7) is 2.21. The fraction of sp³-hybridized carbons (Fsp3) is 0.556. The maximum Gasteiger partial charge on any atom is 0.393 e. The van der Waals surface area contributed by atoms with Gasteiger partial charge >= 0.3 is 6.18 Å². The highest BCUT2D eigenvalue weighted by atomic mass is 19.4. The molecule has 2 saturated heterocycles. The molecule has 0 bridgehead atoms. The average molecular weight is 354 g/mol. The van der Waals surface area contributed by atoms with Crippen molar-refractivity contribution in [1.29, 1.82) is 0 Å². The summed E-state index contributed by atoms with van der Waals surface area (Å²) in [7, 11) is 0. The number of hydrogen-bond donors (Lipinski definition) is 0.